The van der Waals surface area contributed by atoms with Crippen molar-refractivity contribution < 1.29 is 8.84 Å². The van der Waals surface area contributed by atoms with Crippen molar-refractivity contribution in [2.75, 3.05) is 6.61 Å². The summed E-state index contributed by atoms with van der Waals surface area (Å²) in [4.78, 5) is 0. The second kappa shape index (κ2) is 12.6. The Balaban J connectivity index is 1.68. The van der Waals surface area contributed by atoms with Crippen LogP contribution in [0.2, 0.25) is 5.04 Å². The van der Waals surface area contributed by atoms with Gasteiger partial charge in [0.1, 0.15) is 11.5 Å². The topological polar surface area (TPSA) is 22.4 Å². The summed E-state index contributed by atoms with van der Waals surface area (Å²) in [7, 11) is -2.46. The van der Waals surface area contributed by atoms with Crippen molar-refractivity contribution in [3.63, 3.8) is 0 Å². The van der Waals surface area contributed by atoms with Crippen LogP contribution in [0.1, 0.15) is 83.3 Å². The van der Waals surface area contributed by atoms with E-state index in [9.17, 15) is 0 Å². The molecular weight excluding hydrogens is 432 g/mol. The quantitative estimate of drug-likeness (QED) is 0.187. The van der Waals surface area contributed by atoms with Crippen molar-refractivity contribution in [3.8, 4) is 0 Å². The molecule has 3 aromatic rings. The average Bonchev–Trinajstić information content (AvgIpc) is 3.18. The monoisotopic (exact) mass is 476 g/mol. The molecule has 0 unspecified atom stereocenters. The predicted molar refractivity (Wildman–Crippen MR) is 148 cm³/mol. The van der Waals surface area contributed by atoms with Crippen molar-refractivity contribution in [1.82, 2.24) is 0 Å². The van der Waals surface area contributed by atoms with Gasteiger partial charge in [-0.3, -0.25) is 0 Å². The van der Waals surface area contributed by atoms with E-state index < -0.39 is 8.32 Å². The number of hydrogen-bond acceptors (Lipinski definition) is 2. The molecule has 34 heavy (non-hydrogen) atoms. The van der Waals surface area contributed by atoms with Crippen LogP contribution < -0.4 is 10.4 Å². The SMILES string of the molecule is CCCCCCCc1cc(C)c(CCCO[Si](c2ccccc2)(c2ccccc2)C(C)(C)C)o1. The van der Waals surface area contributed by atoms with Gasteiger partial charge in [-0.2, -0.15) is 0 Å². The number of unbranched alkanes of at least 4 members (excludes halogenated alkanes) is 4. The van der Waals surface area contributed by atoms with Crippen LogP contribution in [0.3, 0.4) is 0 Å². The maximum absolute atomic E-state index is 7.03. The Bertz CT molecular complexity index is 930. The van der Waals surface area contributed by atoms with Gasteiger partial charge in [-0.25, -0.2) is 0 Å². The fourth-order valence-electron chi connectivity index (χ4n) is 5.08. The summed E-state index contributed by atoms with van der Waals surface area (Å²) >= 11 is 0. The summed E-state index contributed by atoms with van der Waals surface area (Å²) in [6, 6.07) is 24.0. The smallest absolute Gasteiger partial charge is 0.261 e. The molecule has 1 heterocycles. The highest BCUT2D eigenvalue weighted by Gasteiger charge is 2.49. The van der Waals surface area contributed by atoms with Crippen LogP contribution in [-0.4, -0.2) is 14.9 Å². The number of hydrogen-bond donors (Lipinski definition) is 0. The van der Waals surface area contributed by atoms with E-state index in [1.54, 1.807) is 0 Å². The second-order valence-corrected chi connectivity index (χ2v) is 14.9. The van der Waals surface area contributed by atoms with Crippen LogP contribution in [0.15, 0.2) is 71.1 Å². The third kappa shape index (κ3) is 6.52. The van der Waals surface area contributed by atoms with E-state index in [0.717, 1.165) is 37.4 Å². The Kier molecular flexibility index (Phi) is 9.79. The first-order chi connectivity index (χ1) is 16.4. The normalized spacial score (nSPS) is 12.3. The molecule has 0 amide bonds. The van der Waals surface area contributed by atoms with Gasteiger partial charge in [0.15, 0.2) is 0 Å². The van der Waals surface area contributed by atoms with Crippen LogP contribution in [0, 0.1) is 6.92 Å². The van der Waals surface area contributed by atoms with Gasteiger partial charge in [0.25, 0.3) is 8.32 Å². The molecule has 2 aromatic carbocycles. The minimum absolute atomic E-state index is 0.0151. The first-order valence-corrected chi connectivity index (χ1v) is 15.1. The Hall–Kier alpha value is -2.10. The lowest BCUT2D eigenvalue weighted by molar-refractivity contribution is 0.287. The van der Waals surface area contributed by atoms with Gasteiger partial charge in [-0.05, 0) is 46.8 Å². The molecule has 0 N–H and O–H groups in total. The van der Waals surface area contributed by atoms with E-state index in [0.29, 0.717) is 0 Å². The highest BCUT2D eigenvalue weighted by molar-refractivity contribution is 6.99. The largest absolute Gasteiger partial charge is 0.466 e. The summed E-state index contributed by atoms with van der Waals surface area (Å²) in [5, 5.41) is 2.70. The first-order valence-electron chi connectivity index (χ1n) is 13.2. The molecule has 2 nitrogen and oxygen atoms in total. The Morgan fingerprint density at radius 2 is 1.35 bits per heavy atom. The van der Waals surface area contributed by atoms with Gasteiger partial charge in [-0.1, -0.05) is 114 Å². The second-order valence-electron chi connectivity index (χ2n) is 10.6. The minimum atomic E-state index is -2.46. The van der Waals surface area contributed by atoms with Gasteiger partial charge >= 0.3 is 0 Å². The van der Waals surface area contributed by atoms with Crippen LogP contribution in [-0.2, 0) is 17.3 Å². The molecule has 0 aliphatic carbocycles. The van der Waals surface area contributed by atoms with Crippen molar-refractivity contribution in [2.45, 2.75) is 91.0 Å². The van der Waals surface area contributed by atoms with Crippen LogP contribution in [0.4, 0.5) is 0 Å². The lowest BCUT2D eigenvalue weighted by Gasteiger charge is -2.43. The van der Waals surface area contributed by atoms with E-state index >= 15 is 0 Å². The molecule has 0 radical (unpaired) electrons. The first kappa shape index (κ1) is 26.5. The number of rotatable bonds is 13. The summed E-state index contributed by atoms with van der Waals surface area (Å²) < 4.78 is 13.3. The van der Waals surface area contributed by atoms with Gasteiger partial charge in [0.2, 0.25) is 0 Å². The zero-order valence-electron chi connectivity index (χ0n) is 22.0. The molecular formula is C31H44O2Si. The van der Waals surface area contributed by atoms with E-state index in [2.05, 4.69) is 101 Å². The van der Waals surface area contributed by atoms with Crippen molar-refractivity contribution in [3.05, 3.63) is 83.8 Å². The van der Waals surface area contributed by atoms with Crippen LogP contribution >= 0.6 is 0 Å². The molecule has 184 valence electrons. The predicted octanol–water partition coefficient (Wildman–Crippen LogP) is 7.61. The van der Waals surface area contributed by atoms with Crippen molar-refractivity contribution in [2.24, 2.45) is 0 Å². The van der Waals surface area contributed by atoms with E-state index in [1.165, 1.54) is 48.0 Å². The molecule has 0 spiro atoms. The molecule has 0 saturated heterocycles. The molecule has 0 fully saturated rings. The number of furan rings is 1. The van der Waals surface area contributed by atoms with Gasteiger partial charge in [0, 0.05) is 19.4 Å². The van der Waals surface area contributed by atoms with Crippen molar-refractivity contribution in [1.29, 1.82) is 0 Å². The van der Waals surface area contributed by atoms with Gasteiger partial charge < -0.3 is 8.84 Å². The fraction of sp³-hybridized carbons (Fsp3) is 0.484. The standard InChI is InChI=1S/C31H44O2Si/c1-6-7-8-9-12-18-27-25-26(2)30(33-27)23-17-24-32-34(31(3,4)5,28-19-13-10-14-20-28)29-21-15-11-16-22-29/h10-11,13-16,19-22,25H,6-9,12,17-18,23-24H2,1-5H3. The van der Waals surface area contributed by atoms with Gasteiger partial charge in [-0.15, -0.1) is 0 Å². The molecule has 0 bridgehead atoms. The highest BCUT2D eigenvalue weighted by Crippen LogP contribution is 2.36. The summed E-state index contributed by atoms with van der Waals surface area (Å²) in [5.41, 5.74) is 1.29. The van der Waals surface area contributed by atoms with Crippen molar-refractivity contribution >= 4 is 18.7 Å². The zero-order chi connectivity index (χ0) is 24.4. The maximum Gasteiger partial charge on any atom is 0.261 e. The molecule has 0 aliphatic heterocycles. The van der Waals surface area contributed by atoms with Crippen LogP contribution in [0.5, 0.6) is 0 Å². The number of benzene rings is 2. The lowest BCUT2D eigenvalue weighted by Crippen LogP contribution is -2.66. The minimum Gasteiger partial charge on any atom is -0.466 e. The van der Waals surface area contributed by atoms with Gasteiger partial charge in [0.05, 0.1) is 0 Å². The number of aryl methyl sites for hydroxylation is 3. The lowest BCUT2D eigenvalue weighted by atomic mass is 10.1. The molecule has 3 rings (SSSR count). The summed E-state index contributed by atoms with van der Waals surface area (Å²) in [5.74, 6) is 2.28. The maximum atomic E-state index is 7.03. The molecule has 3 heteroatoms. The molecule has 0 aliphatic rings. The molecule has 0 saturated carbocycles. The van der Waals surface area contributed by atoms with Crippen LogP contribution in [0.25, 0.3) is 0 Å². The van der Waals surface area contributed by atoms with E-state index in [-0.39, 0.29) is 5.04 Å². The fourth-order valence-corrected chi connectivity index (χ4v) is 9.69. The Morgan fingerprint density at radius 3 is 1.91 bits per heavy atom. The average molecular weight is 477 g/mol. The van der Waals surface area contributed by atoms with E-state index in [1.807, 2.05) is 0 Å². The summed E-state index contributed by atoms with van der Waals surface area (Å²) in [6.07, 6.45) is 9.45. The highest BCUT2D eigenvalue weighted by atomic mass is 28.4. The third-order valence-corrected chi connectivity index (χ3v) is 11.9. The molecule has 0 atom stereocenters. The zero-order valence-corrected chi connectivity index (χ0v) is 23.0. The van der Waals surface area contributed by atoms with E-state index in [4.69, 9.17) is 8.84 Å². The summed E-state index contributed by atoms with van der Waals surface area (Å²) in [6.45, 7) is 12.2. The Morgan fingerprint density at radius 1 is 0.765 bits per heavy atom. The Labute approximate surface area is 208 Å². The molecule has 1 aromatic heterocycles. The third-order valence-electron chi connectivity index (χ3n) is 6.88.